The lowest BCUT2D eigenvalue weighted by atomic mass is 9.95. The third-order valence-electron chi connectivity index (χ3n) is 5.53. The lowest BCUT2D eigenvalue weighted by molar-refractivity contribution is -0.120. The van der Waals surface area contributed by atoms with Gasteiger partial charge in [0.05, 0.1) is 17.5 Å². The van der Waals surface area contributed by atoms with Crippen LogP contribution in [0.25, 0.3) is 22.6 Å². The molecular weight excluding hydrogens is 430 g/mol. The Labute approximate surface area is 188 Å². The fourth-order valence-electron chi connectivity index (χ4n) is 3.94. The van der Waals surface area contributed by atoms with Crippen molar-refractivity contribution in [3.63, 3.8) is 0 Å². The van der Waals surface area contributed by atoms with Crippen LogP contribution >= 0.6 is 11.6 Å². The van der Waals surface area contributed by atoms with Gasteiger partial charge in [0.15, 0.2) is 5.76 Å². The van der Waals surface area contributed by atoms with E-state index in [4.69, 9.17) is 20.4 Å². The summed E-state index contributed by atoms with van der Waals surface area (Å²) in [5.74, 6) is 0.879. The maximum atomic E-state index is 12.9. The van der Waals surface area contributed by atoms with Crippen LogP contribution in [0.5, 0.6) is 0 Å². The summed E-state index contributed by atoms with van der Waals surface area (Å²) in [5.41, 5.74) is 1.51. The number of amides is 1. The molecule has 32 heavy (non-hydrogen) atoms. The highest BCUT2D eigenvalue weighted by Gasteiger charge is 2.29. The van der Waals surface area contributed by atoms with Gasteiger partial charge in [-0.05, 0) is 43.2 Å². The number of oxazole rings is 1. The van der Waals surface area contributed by atoms with Crippen LogP contribution in [0.15, 0.2) is 57.7 Å². The summed E-state index contributed by atoms with van der Waals surface area (Å²) < 4.78 is 11.1. The highest BCUT2D eigenvalue weighted by Crippen LogP contribution is 2.32. The van der Waals surface area contributed by atoms with Crippen molar-refractivity contribution in [2.24, 2.45) is 5.92 Å². The predicted molar refractivity (Wildman–Crippen MR) is 119 cm³/mol. The van der Waals surface area contributed by atoms with Crippen LogP contribution in [0.2, 0.25) is 5.02 Å². The third-order valence-corrected chi connectivity index (χ3v) is 5.75. The highest BCUT2D eigenvalue weighted by molar-refractivity contribution is 6.32. The lowest BCUT2D eigenvalue weighted by Gasteiger charge is -2.31. The van der Waals surface area contributed by atoms with Crippen molar-refractivity contribution in [2.75, 3.05) is 23.3 Å². The van der Waals surface area contributed by atoms with E-state index in [0.29, 0.717) is 53.8 Å². The number of carbonyl (C=O) groups is 1. The van der Waals surface area contributed by atoms with Crippen LogP contribution in [0.1, 0.15) is 18.5 Å². The topological polar surface area (TPSA) is 108 Å². The molecule has 1 aliphatic heterocycles. The van der Waals surface area contributed by atoms with E-state index < -0.39 is 0 Å². The Kier molecular flexibility index (Phi) is 5.25. The number of piperidine rings is 1. The van der Waals surface area contributed by atoms with Gasteiger partial charge in [0.1, 0.15) is 6.07 Å². The van der Waals surface area contributed by atoms with Gasteiger partial charge in [0, 0.05) is 35.6 Å². The van der Waals surface area contributed by atoms with E-state index in [0.717, 1.165) is 5.39 Å². The maximum Gasteiger partial charge on any atom is 0.266 e. The van der Waals surface area contributed by atoms with Crippen LogP contribution in [0, 0.1) is 17.2 Å². The predicted octanol–water partition coefficient (Wildman–Crippen LogP) is 4.86. The van der Waals surface area contributed by atoms with Gasteiger partial charge in [-0.2, -0.15) is 10.2 Å². The number of nitriles is 1. The van der Waals surface area contributed by atoms with Gasteiger partial charge in [-0.15, -0.1) is 0 Å². The number of rotatable bonds is 4. The summed E-state index contributed by atoms with van der Waals surface area (Å²) in [7, 11) is 0. The number of benzene rings is 1. The molecule has 3 aromatic heterocycles. The normalized spacial score (nSPS) is 14.4. The average molecular weight is 448 g/mol. The fourth-order valence-corrected chi connectivity index (χ4v) is 4.16. The number of anilines is 2. The summed E-state index contributed by atoms with van der Waals surface area (Å²) in [4.78, 5) is 23.5. The highest BCUT2D eigenvalue weighted by atomic mass is 35.5. The van der Waals surface area contributed by atoms with Gasteiger partial charge in [0.25, 0.3) is 5.89 Å². The Morgan fingerprint density at radius 2 is 2.09 bits per heavy atom. The number of hydrogen-bond acceptors (Lipinski definition) is 7. The molecule has 4 aromatic rings. The first-order valence-corrected chi connectivity index (χ1v) is 10.5. The Morgan fingerprint density at radius 1 is 1.25 bits per heavy atom. The van der Waals surface area contributed by atoms with Crippen molar-refractivity contribution in [2.45, 2.75) is 12.8 Å². The van der Waals surface area contributed by atoms with Crippen LogP contribution < -0.4 is 10.2 Å². The molecule has 0 unspecified atom stereocenters. The lowest BCUT2D eigenvalue weighted by Crippen LogP contribution is -2.38. The molecule has 1 fully saturated rings. The van der Waals surface area contributed by atoms with E-state index >= 15 is 0 Å². The van der Waals surface area contributed by atoms with Crippen molar-refractivity contribution < 1.29 is 13.6 Å². The van der Waals surface area contributed by atoms with E-state index in [9.17, 15) is 10.1 Å². The summed E-state index contributed by atoms with van der Waals surface area (Å²) in [5, 5.41) is 13.9. The van der Waals surface area contributed by atoms with Crippen LogP contribution in [0.4, 0.5) is 11.6 Å². The number of carbonyl (C=O) groups excluding carboxylic acids is 1. The molecule has 0 bridgehead atoms. The molecule has 0 atom stereocenters. The summed E-state index contributed by atoms with van der Waals surface area (Å²) >= 11 is 6.21. The Morgan fingerprint density at radius 3 is 2.84 bits per heavy atom. The molecule has 1 aliphatic rings. The second-order valence-electron chi connectivity index (χ2n) is 7.54. The minimum Gasteiger partial charge on any atom is -0.459 e. The first kappa shape index (κ1) is 20.1. The van der Waals surface area contributed by atoms with Gasteiger partial charge in [-0.3, -0.25) is 9.78 Å². The number of hydrogen-bond donors (Lipinski definition) is 1. The van der Waals surface area contributed by atoms with E-state index in [2.05, 4.69) is 21.4 Å². The number of aromatic nitrogens is 2. The van der Waals surface area contributed by atoms with Crippen molar-refractivity contribution in [1.29, 1.82) is 5.26 Å². The number of fused-ring (bicyclic) bond motifs is 1. The SMILES string of the molecule is N#Cc1nc(-c2ccco2)oc1N1CCC(C(=O)Nc2cc(Cl)cc3cccnc23)CC1. The van der Waals surface area contributed by atoms with Gasteiger partial charge >= 0.3 is 0 Å². The van der Waals surface area contributed by atoms with E-state index in [-0.39, 0.29) is 23.4 Å². The summed E-state index contributed by atoms with van der Waals surface area (Å²) in [6.07, 6.45) is 4.43. The number of pyridine rings is 1. The standard InChI is InChI=1S/C23H18ClN5O3/c24-16-11-15-3-1-7-26-20(15)17(12-16)27-21(30)14-5-8-29(9-6-14)23-18(13-25)28-22(32-23)19-4-2-10-31-19/h1-4,7,10-12,14H,5-6,8-9H2,(H,27,30). The Hall–Kier alpha value is -3.83. The second kappa shape index (κ2) is 8.36. The number of halogens is 1. The molecule has 0 radical (unpaired) electrons. The van der Waals surface area contributed by atoms with Crippen molar-refractivity contribution in [1.82, 2.24) is 9.97 Å². The van der Waals surface area contributed by atoms with E-state index in [1.54, 1.807) is 24.4 Å². The average Bonchev–Trinajstić information content (AvgIpc) is 3.49. The first-order valence-electron chi connectivity index (χ1n) is 10.2. The van der Waals surface area contributed by atoms with Gasteiger partial charge in [0.2, 0.25) is 17.5 Å². The van der Waals surface area contributed by atoms with Crippen molar-refractivity contribution in [3.05, 3.63) is 59.6 Å². The zero-order chi connectivity index (χ0) is 22.1. The molecule has 1 aromatic carbocycles. The molecule has 160 valence electrons. The number of nitrogens with one attached hydrogen (secondary N) is 1. The second-order valence-corrected chi connectivity index (χ2v) is 7.98. The molecule has 0 aliphatic carbocycles. The van der Waals surface area contributed by atoms with Crippen LogP contribution in [-0.2, 0) is 4.79 Å². The first-order chi connectivity index (χ1) is 15.6. The van der Waals surface area contributed by atoms with Crippen LogP contribution in [0.3, 0.4) is 0 Å². The summed E-state index contributed by atoms with van der Waals surface area (Å²) in [6, 6.07) is 12.8. The van der Waals surface area contributed by atoms with E-state index in [1.807, 2.05) is 23.1 Å². The molecular formula is C23H18ClN5O3. The maximum absolute atomic E-state index is 12.9. The minimum atomic E-state index is -0.179. The molecule has 0 spiro atoms. The molecule has 0 saturated carbocycles. The van der Waals surface area contributed by atoms with E-state index in [1.165, 1.54) is 6.26 Å². The number of furan rings is 1. The van der Waals surface area contributed by atoms with Crippen LogP contribution in [-0.4, -0.2) is 29.0 Å². The molecule has 1 amide bonds. The summed E-state index contributed by atoms with van der Waals surface area (Å²) in [6.45, 7) is 1.13. The molecule has 4 heterocycles. The molecule has 1 N–H and O–H groups in total. The van der Waals surface area contributed by atoms with Crippen molar-refractivity contribution >= 4 is 40.0 Å². The van der Waals surface area contributed by atoms with Gasteiger partial charge in [-0.25, -0.2) is 0 Å². The van der Waals surface area contributed by atoms with Crippen molar-refractivity contribution in [3.8, 4) is 17.7 Å². The largest absolute Gasteiger partial charge is 0.459 e. The Bertz CT molecular complexity index is 1320. The molecule has 1 saturated heterocycles. The number of nitrogens with zero attached hydrogens (tertiary/aromatic N) is 4. The smallest absolute Gasteiger partial charge is 0.266 e. The Balaban J connectivity index is 1.29. The monoisotopic (exact) mass is 447 g/mol. The fraction of sp³-hybridized carbons (Fsp3) is 0.217. The minimum absolute atomic E-state index is 0.0757. The third kappa shape index (κ3) is 3.79. The molecule has 5 rings (SSSR count). The van der Waals surface area contributed by atoms with Gasteiger partial charge in [-0.1, -0.05) is 17.7 Å². The van der Waals surface area contributed by atoms with Gasteiger partial charge < -0.3 is 19.1 Å². The zero-order valence-electron chi connectivity index (χ0n) is 16.9. The molecule has 8 nitrogen and oxygen atoms in total. The zero-order valence-corrected chi connectivity index (χ0v) is 17.7. The molecule has 9 heteroatoms. The quantitative estimate of drug-likeness (QED) is 0.475.